The third kappa shape index (κ3) is 7.91. The Balaban J connectivity index is 1.20. The van der Waals surface area contributed by atoms with E-state index in [-0.39, 0.29) is 0 Å². The van der Waals surface area contributed by atoms with Crippen LogP contribution >= 0.6 is 12.0 Å². The zero-order valence-corrected chi connectivity index (χ0v) is 23.2. The van der Waals surface area contributed by atoms with Crippen molar-refractivity contribution in [1.29, 1.82) is 0 Å². The molecule has 6 heteroatoms. The molecule has 5 nitrogen and oxygen atoms in total. The van der Waals surface area contributed by atoms with Gasteiger partial charge >= 0.3 is 5.97 Å². The lowest BCUT2D eigenvalue weighted by molar-refractivity contribution is -0.127. The number of benzene rings is 4. The normalized spacial score (nSPS) is 11.0. The second-order valence-corrected chi connectivity index (χ2v) is 10.1. The quantitative estimate of drug-likeness (QED) is 0.0882. The Morgan fingerprint density at radius 1 is 0.949 bits per heavy atom. The summed E-state index contributed by atoms with van der Waals surface area (Å²) >= 11 is 0.911. The van der Waals surface area contributed by atoms with Gasteiger partial charge in [-0.25, -0.2) is 4.79 Å². The molecule has 0 atom stereocenters. The summed E-state index contributed by atoms with van der Waals surface area (Å²) in [5, 5.41) is 0. The van der Waals surface area contributed by atoms with Crippen LogP contribution in [0, 0.1) is 6.92 Å². The van der Waals surface area contributed by atoms with E-state index in [1.165, 1.54) is 33.9 Å². The fourth-order valence-corrected chi connectivity index (χ4v) is 4.86. The lowest BCUT2D eigenvalue weighted by atomic mass is 9.93. The van der Waals surface area contributed by atoms with E-state index in [0.29, 0.717) is 22.9 Å². The summed E-state index contributed by atoms with van der Waals surface area (Å²) in [6.07, 6.45) is 5.99. The average Bonchev–Trinajstić information content (AvgIpc) is 2.94. The van der Waals surface area contributed by atoms with E-state index >= 15 is 0 Å². The molecular weight excluding hydrogens is 504 g/mol. The first-order valence-corrected chi connectivity index (χ1v) is 13.8. The van der Waals surface area contributed by atoms with E-state index in [9.17, 15) is 4.79 Å². The molecule has 0 fully saturated rings. The molecule has 4 aromatic carbocycles. The van der Waals surface area contributed by atoms with E-state index in [4.69, 9.17) is 20.4 Å². The number of carbonyl (C=O) groups is 1. The van der Waals surface area contributed by atoms with E-state index < -0.39 is 5.97 Å². The lowest BCUT2D eigenvalue weighted by Crippen LogP contribution is -1.99. The number of carbonyl (C=O) groups excluding carboxylic acids is 1. The van der Waals surface area contributed by atoms with Crippen molar-refractivity contribution >= 4 is 35.5 Å². The van der Waals surface area contributed by atoms with Gasteiger partial charge in [0.05, 0.1) is 29.2 Å². The first kappa shape index (κ1) is 27.9. The summed E-state index contributed by atoms with van der Waals surface area (Å²) in [7, 11) is 0. The van der Waals surface area contributed by atoms with Gasteiger partial charge in [-0.15, -0.1) is 0 Å². The van der Waals surface area contributed by atoms with Gasteiger partial charge in [0.2, 0.25) is 0 Å². The van der Waals surface area contributed by atoms with Crippen LogP contribution in [-0.4, -0.2) is 12.6 Å². The number of anilines is 2. The van der Waals surface area contributed by atoms with Gasteiger partial charge in [0.25, 0.3) is 0 Å². The predicted molar refractivity (Wildman–Crippen MR) is 163 cm³/mol. The molecule has 0 bridgehead atoms. The maximum Gasteiger partial charge on any atom is 0.343 e. The molecule has 0 aliphatic heterocycles. The van der Waals surface area contributed by atoms with Crippen LogP contribution in [0.5, 0.6) is 5.75 Å². The molecule has 0 amide bonds. The van der Waals surface area contributed by atoms with Crippen molar-refractivity contribution in [3.63, 3.8) is 0 Å². The summed E-state index contributed by atoms with van der Waals surface area (Å²) in [5.41, 5.74) is 20.1. The van der Waals surface area contributed by atoms with Crippen molar-refractivity contribution in [3.05, 3.63) is 113 Å². The first-order chi connectivity index (χ1) is 18.9. The van der Waals surface area contributed by atoms with Crippen LogP contribution in [0.4, 0.5) is 11.4 Å². The van der Waals surface area contributed by atoms with Crippen molar-refractivity contribution in [1.82, 2.24) is 0 Å². The molecule has 39 heavy (non-hydrogen) atoms. The highest BCUT2D eigenvalue weighted by Crippen LogP contribution is 2.28. The standard InChI is InChI=1S/C33H34N2O3S/c1-3-29-23(2)6-4-8-30(29)26-14-9-24(10-15-26)7-5-21-37-28-17-11-25(12-18-28)13-20-33(36)38-39-32-19-16-27(34)22-31(32)35/h4,6,8-20,22H,3,5,7,21,34-35H2,1-2H3/b20-13+. The molecule has 0 aromatic heterocycles. The van der Waals surface area contributed by atoms with Crippen molar-refractivity contribution in [2.24, 2.45) is 0 Å². The lowest BCUT2D eigenvalue weighted by Gasteiger charge is -2.12. The number of nitrogen functional groups attached to an aromatic ring is 2. The number of ether oxygens (including phenoxy) is 1. The summed E-state index contributed by atoms with van der Waals surface area (Å²) in [5.74, 6) is 0.320. The highest BCUT2D eigenvalue weighted by Gasteiger charge is 2.07. The number of hydrogen-bond acceptors (Lipinski definition) is 6. The summed E-state index contributed by atoms with van der Waals surface area (Å²) < 4.78 is 11.1. The first-order valence-electron chi connectivity index (χ1n) is 13.0. The maximum absolute atomic E-state index is 12.0. The summed E-state index contributed by atoms with van der Waals surface area (Å²) in [4.78, 5) is 12.7. The van der Waals surface area contributed by atoms with Crippen LogP contribution in [0.1, 0.15) is 35.6 Å². The third-order valence-electron chi connectivity index (χ3n) is 6.45. The number of nitrogens with two attached hydrogens (primary N) is 2. The van der Waals surface area contributed by atoms with Gasteiger partial charge in [-0.05, 0) is 96.0 Å². The second-order valence-electron chi connectivity index (χ2n) is 9.29. The van der Waals surface area contributed by atoms with Crippen molar-refractivity contribution in [2.75, 3.05) is 18.1 Å². The van der Waals surface area contributed by atoms with Crippen LogP contribution in [-0.2, 0) is 21.8 Å². The Hall–Kier alpha value is -4.16. The Kier molecular flexibility index (Phi) is 9.70. The molecule has 0 saturated heterocycles. The second kappa shape index (κ2) is 13.6. The fourth-order valence-electron chi connectivity index (χ4n) is 4.36. The number of aryl methyl sites for hydroxylation is 2. The van der Waals surface area contributed by atoms with Crippen LogP contribution in [0.15, 0.2) is 95.9 Å². The molecule has 0 aliphatic rings. The van der Waals surface area contributed by atoms with Gasteiger partial charge in [0.1, 0.15) is 5.75 Å². The Labute approximate surface area is 235 Å². The molecule has 4 aromatic rings. The third-order valence-corrected chi connectivity index (χ3v) is 7.25. The SMILES string of the molecule is CCc1c(C)cccc1-c1ccc(CCCOc2ccc(/C=C/C(=O)OSc3ccc(N)cc3N)cc2)cc1. The smallest absolute Gasteiger partial charge is 0.343 e. The van der Waals surface area contributed by atoms with Gasteiger partial charge in [-0.2, -0.15) is 0 Å². The minimum atomic E-state index is -0.478. The van der Waals surface area contributed by atoms with Gasteiger partial charge < -0.3 is 20.4 Å². The average molecular weight is 539 g/mol. The van der Waals surface area contributed by atoms with Gasteiger partial charge in [0, 0.05) is 11.8 Å². The predicted octanol–water partition coefficient (Wildman–Crippen LogP) is 7.66. The highest BCUT2D eigenvalue weighted by molar-refractivity contribution is 7.95. The Morgan fingerprint density at radius 2 is 1.72 bits per heavy atom. The summed E-state index contributed by atoms with van der Waals surface area (Å²) in [6.45, 7) is 5.02. The molecular formula is C33H34N2O3S. The van der Waals surface area contributed by atoms with Crippen LogP contribution < -0.4 is 16.2 Å². The number of hydrogen-bond donors (Lipinski definition) is 2. The van der Waals surface area contributed by atoms with Gasteiger partial charge in [-0.3, -0.25) is 0 Å². The molecule has 0 saturated carbocycles. The monoisotopic (exact) mass is 538 g/mol. The fraction of sp³-hybridized carbons (Fsp3) is 0.182. The largest absolute Gasteiger partial charge is 0.494 e. The summed E-state index contributed by atoms with van der Waals surface area (Å²) in [6, 6.07) is 28.0. The molecule has 0 aliphatic carbocycles. The highest BCUT2D eigenvalue weighted by atomic mass is 32.2. The van der Waals surface area contributed by atoms with Crippen LogP contribution in [0.3, 0.4) is 0 Å². The molecule has 0 unspecified atom stereocenters. The van der Waals surface area contributed by atoms with Crippen molar-refractivity contribution < 1.29 is 13.7 Å². The Morgan fingerprint density at radius 3 is 2.44 bits per heavy atom. The Bertz CT molecular complexity index is 1430. The van der Waals surface area contributed by atoms with Gasteiger partial charge in [0.15, 0.2) is 0 Å². The maximum atomic E-state index is 12.0. The van der Waals surface area contributed by atoms with E-state index in [1.807, 2.05) is 24.3 Å². The number of rotatable bonds is 11. The zero-order chi connectivity index (χ0) is 27.6. The van der Waals surface area contributed by atoms with Crippen molar-refractivity contribution in [2.45, 2.75) is 38.0 Å². The molecule has 4 N–H and O–H groups in total. The van der Waals surface area contributed by atoms with Crippen molar-refractivity contribution in [3.8, 4) is 16.9 Å². The molecule has 0 heterocycles. The van der Waals surface area contributed by atoms with Crippen LogP contribution in [0.2, 0.25) is 0 Å². The van der Waals surface area contributed by atoms with E-state index in [1.54, 1.807) is 24.3 Å². The van der Waals surface area contributed by atoms with Gasteiger partial charge in [-0.1, -0.05) is 61.5 Å². The van der Waals surface area contributed by atoms with E-state index in [0.717, 1.165) is 42.6 Å². The molecule has 4 rings (SSSR count). The minimum Gasteiger partial charge on any atom is -0.494 e. The molecule has 0 spiro atoms. The van der Waals surface area contributed by atoms with E-state index in [2.05, 4.69) is 56.3 Å². The molecule has 0 radical (unpaired) electrons. The van der Waals surface area contributed by atoms with Crippen LogP contribution in [0.25, 0.3) is 17.2 Å². The zero-order valence-electron chi connectivity index (χ0n) is 22.4. The molecule has 200 valence electrons. The minimum absolute atomic E-state index is 0.467. The topological polar surface area (TPSA) is 87.6 Å².